The van der Waals surface area contributed by atoms with Crippen molar-refractivity contribution in [3.8, 4) is 0 Å². The molecule has 0 spiro atoms. The van der Waals surface area contributed by atoms with Crippen LogP contribution in [0.5, 0.6) is 0 Å². The van der Waals surface area contributed by atoms with Crippen molar-refractivity contribution >= 4 is 40.1 Å². The maximum absolute atomic E-state index is 12.0. The zero-order valence-electron chi connectivity index (χ0n) is 12.1. The van der Waals surface area contributed by atoms with Crippen molar-refractivity contribution < 1.29 is 4.79 Å². The molecule has 3 N–H and O–H groups in total. The first-order chi connectivity index (χ1) is 9.58. The lowest BCUT2D eigenvalue weighted by molar-refractivity contribution is -0.117. The predicted molar refractivity (Wildman–Crippen MR) is 90.6 cm³/mol. The van der Waals surface area contributed by atoms with Gasteiger partial charge in [0.25, 0.3) is 0 Å². The minimum Gasteiger partial charge on any atom is -0.330 e. The Morgan fingerprint density at radius 3 is 2.95 bits per heavy atom. The second kappa shape index (κ2) is 8.68. The Labute approximate surface area is 140 Å². The fourth-order valence-corrected chi connectivity index (χ4v) is 2.75. The Balaban J connectivity index is 0.00000220. The van der Waals surface area contributed by atoms with Gasteiger partial charge in [-0.3, -0.25) is 9.69 Å². The minimum atomic E-state index is -0.0230. The van der Waals surface area contributed by atoms with Gasteiger partial charge in [-0.15, -0.1) is 12.4 Å². The molecule has 1 fully saturated rings. The van der Waals surface area contributed by atoms with Gasteiger partial charge in [-0.1, -0.05) is 6.92 Å². The summed E-state index contributed by atoms with van der Waals surface area (Å²) in [4.78, 5) is 18.3. The second-order valence-corrected chi connectivity index (χ2v) is 6.32. The van der Waals surface area contributed by atoms with E-state index in [1.54, 1.807) is 12.3 Å². The second-order valence-electron chi connectivity index (χ2n) is 5.41. The van der Waals surface area contributed by atoms with Crippen molar-refractivity contribution in [3.05, 3.63) is 22.8 Å². The Bertz CT molecular complexity index is 457. The molecular weight excluding hydrogens is 356 g/mol. The van der Waals surface area contributed by atoms with Crippen molar-refractivity contribution in [1.29, 1.82) is 0 Å². The fraction of sp³-hybridized carbons (Fsp3) is 0.571. The molecule has 118 valence electrons. The molecule has 0 bridgehead atoms. The van der Waals surface area contributed by atoms with E-state index < -0.39 is 0 Å². The summed E-state index contributed by atoms with van der Waals surface area (Å²) in [7, 11) is 0. The van der Waals surface area contributed by atoms with E-state index in [2.05, 4.69) is 38.1 Å². The van der Waals surface area contributed by atoms with Crippen LogP contribution in [0.2, 0.25) is 0 Å². The van der Waals surface area contributed by atoms with Crippen LogP contribution in [0.3, 0.4) is 0 Å². The molecule has 0 aliphatic carbocycles. The molecular formula is C14H22BrClN4O. The number of amides is 1. The summed E-state index contributed by atoms with van der Waals surface area (Å²) in [5.74, 6) is 1.69. The van der Waals surface area contributed by atoms with E-state index in [0.717, 1.165) is 24.0 Å². The number of anilines is 1. The molecule has 0 radical (unpaired) electrons. The maximum atomic E-state index is 12.0. The number of hydrogen-bond acceptors (Lipinski definition) is 4. The summed E-state index contributed by atoms with van der Waals surface area (Å²) in [6.45, 7) is 5.19. The minimum absolute atomic E-state index is 0. The van der Waals surface area contributed by atoms with Crippen LogP contribution in [0.1, 0.15) is 13.3 Å². The highest BCUT2D eigenvalue weighted by atomic mass is 79.9. The van der Waals surface area contributed by atoms with E-state index >= 15 is 0 Å². The summed E-state index contributed by atoms with van der Waals surface area (Å²) < 4.78 is 0.895. The molecule has 5 nitrogen and oxygen atoms in total. The number of piperidine rings is 1. The molecule has 1 aromatic heterocycles. The van der Waals surface area contributed by atoms with Gasteiger partial charge in [0, 0.05) is 17.2 Å². The van der Waals surface area contributed by atoms with Gasteiger partial charge >= 0.3 is 0 Å². The van der Waals surface area contributed by atoms with Crippen LogP contribution in [0, 0.1) is 11.8 Å². The first-order valence-corrected chi connectivity index (χ1v) is 7.71. The number of hydrogen-bond donors (Lipinski definition) is 2. The van der Waals surface area contributed by atoms with Gasteiger partial charge in [0.05, 0.1) is 6.54 Å². The Kier molecular flexibility index (Phi) is 7.59. The van der Waals surface area contributed by atoms with Crippen LogP contribution in [-0.4, -0.2) is 42.0 Å². The van der Waals surface area contributed by atoms with Gasteiger partial charge < -0.3 is 11.1 Å². The van der Waals surface area contributed by atoms with Gasteiger partial charge in [-0.2, -0.15) is 0 Å². The number of carbonyl (C=O) groups is 1. The third-order valence-corrected chi connectivity index (χ3v) is 4.33. The molecule has 1 amide bonds. The lowest BCUT2D eigenvalue weighted by Crippen LogP contribution is -2.45. The molecule has 2 atom stereocenters. The smallest absolute Gasteiger partial charge is 0.239 e. The van der Waals surface area contributed by atoms with E-state index in [-0.39, 0.29) is 18.3 Å². The SMILES string of the molecule is CC1CCN(CC(=O)Nc2ccc(Br)cn2)CC1CN.Cl. The van der Waals surface area contributed by atoms with Crippen LogP contribution in [0.15, 0.2) is 22.8 Å². The Hall–Kier alpha value is -0.690. The van der Waals surface area contributed by atoms with Crippen LogP contribution >= 0.6 is 28.3 Å². The Morgan fingerprint density at radius 1 is 1.57 bits per heavy atom. The Morgan fingerprint density at radius 2 is 2.33 bits per heavy atom. The molecule has 1 aliphatic rings. The monoisotopic (exact) mass is 376 g/mol. The molecule has 2 heterocycles. The van der Waals surface area contributed by atoms with Crippen molar-refractivity contribution in [2.75, 3.05) is 31.5 Å². The molecule has 2 unspecified atom stereocenters. The topological polar surface area (TPSA) is 71.2 Å². The maximum Gasteiger partial charge on any atom is 0.239 e. The lowest BCUT2D eigenvalue weighted by Gasteiger charge is -2.36. The third-order valence-electron chi connectivity index (χ3n) is 3.86. The van der Waals surface area contributed by atoms with Crippen LogP contribution in [-0.2, 0) is 4.79 Å². The molecule has 7 heteroatoms. The molecule has 1 saturated heterocycles. The first kappa shape index (κ1) is 18.4. The standard InChI is InChI=1S/C14H21BrN4O.ClH/c1-10-4-5-19(8-11(10)6-16)9-14(20)18-13-3-2-12(15)7-17-13;/h2-3,7,10-11H,4-6,8-9,16H2,1H3,(H,17,18,20);1H. The van der Waals surface area contributed by atoms with E-state index in [4.69, 9.17) is 5.73 Å². The highest BCUT2D eigenvalue weighted by Crippen LogP contribution is 2.22. The number of carbonyl (C=O) groups excluding carboxylic acids is 1. The lowest BCUT2D eigenvalue weighted by atomic mass is 9.87. The molecule has 1 aromatic rings. The normalized spacial score (nSPS) is 22.4. The molecule has 1 aliphatic heterocycles. The van der Waals surface area contributed by atoms with Crippen LogP contribution in [0.25, 0.3) is 0 Å². The van der Waals surface area contributed by atoms with E-state index in [1.807, 2.05) is 6.07 Å². The number of nitrogens with two attached hydrogens (primary N) is 1. The van der Waals surface area contributed by atoms with E-state index in [9.17, 15) is 4.79 Å². The summed E-state index contributed by atoms with van der Waals surface area (Å²) in [6.07, 6.45) is 2.77. The van der Waals surface area contributed by atoms with Crippen LogP contribution in [0.4, 0.5) is 5.82 Å². The summed E-state index contributed by atoms with van der Waals surface area (Å²) in [5.41, 5.74) is 5.78. The summed E-state index contributed by atoms with van der Waals surface area (Å²) in [5, 5.41) is 2.82. The predicted octanol–water partition coefficient (Wildman–Crippen LogP) is 2.12. The molecule has 0 saturated carbocycles. The van der Waals surface area contributed by atoms with Crippen molar-refractivity contribution in [2.24, 2.45) is 17.6 Å². The number of halogens is 2. The average molecular weight is 378 g/mol. The highest BCUT2D eigenvalue weighted by Gasteiger charge is 2.26. The largest absolute Gasteiger partial charge is 0.330 e. The zero-order chi connectivity index (χ0) is 14.5. The van der Waals surface area contributed by atoms with Gasteiger partial charge in [0.1, 0.15) is 5.82 Å². The summed E-state index contributed by atoms with van der Waals surface area (Å²) >= 11 is 3.32. The van der Waals surface area contributed by atoms with Crippen molar-refractivity contribution in [2.45, 2.75) is 13.3 Å². The molecule has 21 heavy (non-hydrogen) atoms. The number of pyridine rings is 1. The molecule has 2 rings (SSSR count). The third kappa shape index (κ3) is 5.54. The van der Waals surface area contributed by atoms with Gasteiger partial charge in [-0.25, -0.2) is 4.98 Å². The van der Waals surface area contributed by atoms with Crippen molar-refractivity contribution in [1.82, 2.24) is 9.88 Å². The molecule has 0 aromatic carbocycles. The number of aromatic nitrogens is 1. The number of likely N-dealkylation sites (tertiary alicyclic amines) is 1. The number of nitrogens with zero attached hydrogens (tertiary/aromatic N) is 2. The van der Waals surface area contributed by atoms with Crippen molar-refractivity contribution in [3.63, 3.8) is 0 Å². The quantitative estimate of drug-likeness (QED) is 0.843. The fourth-order valence-electron chi connectivity index (χ4n) is 2.51. The van der Waals surface area contributed by atoms with Gasteiger partial charge in [-0.05, 0) is 59.4 Å². The highest BCUT2D eigenvalue weighted by molar-refractivity contribution is 9.10. The van der Waals surface area contributed by atoms with Gasteiger partial charge in [0.2, 0.25) is 5.91 Å². The van der Waals surface area contributed by atoms with Crippen LogP contribution < -0.4 is 11.1 Å². The van der Waals surface area contributed by atoms with Gasteiger partial charge in [0.15, 0.2) is 0 Å². The van der Waals surface area contributed by atoms with E-state index in [1.165, 1.54) is 0 Å². The number of rotatable bonds is 4. The first-order valence-electron chi connectivity index (χ1n) is 6.92. The zero-order valence-corrected chi connectivity index (χ0v) is 14.5. The average Bonchev–Trinajstić information content (AvgIpc) is 2.43. The van der Waals surface area contributed by atoms with E-state index in [0.29, 0.717) is 30.7 Å². The number of nitrogens with one attached hydrogen (secondary N) is 1. The summed E-state index contributed by atoms with van der Waals surface area (Å²) in [6, 6.07) is 3.64.